The highest BCUT2D eigenvalue weighted by atomic mass is 16.5. The number of aromatic nitrogens is 1. The second-order valence-electron chi connectivity index (χ2n) is 4.82. The molecule has 2 aromatic rings. The molecule has 106 valence electrons. The van der Waals surface area contributed by atoms with Gasteiger partial charge in [0.25, 0.3) is 0 Å². The number of aryl methyl sites for hydroxylation is 1. The van der Waals surface area contributed by atoms with Gasteiger partial charge in [-0.3, -0.25) is 0 Å². The van der Waals surface area contributed by atoms with Gasteiger partial charge >= 0.3 is 5.97 Å². The van der Waals surface area contributed by atoms with Crippen molar-refractivity contribution < 1.29 is 9.53 Å². The summed E-state index contributed by atoms with van der Waals surface area (Å²) in [6.45, 7) is 6.03. The summed E-state index contributed by atoms with van der Waals surface area (Å²) < 4.78 is 7.04. The van der Waals surface area contributed by atoms with Crippen molar-refractivity contribution in [1.29, 1.82) is 0 Å². The van der Waals surface area contributed by atoms with Gasteiger partial charge in [-0.15, -0.1) is 0 Å². The van der Waals surface area contributed by atoms with Gasteiger partial charge in [0.05, 0.1) is 18.0 Å². The smallest absolute Gasteiger partial charge is 0.342 e. The number of nitrogens with two attached hydrogens (primary N) is 1. The average Bonchev–Trinajstić information content (AvgIpc) is 2.62. The molecule has 4 nitrogen and oxygen atoms in total. The lowest BCUT2D eigenvalue weighted by molar-refractivity contribution is 0.0526. The molecule has 4 heteroatoms. The number of carbonyl (C=O) groups is 1. The fourth-order valence-electron chi connectivity index (χ4n) is 2.45. The monoisotopic (exact) mass is 272 g/mol. The fourth-order valence-corrected chi connectivity index (χ4v) is 2.45. The molecule has 0 unspecified atom stereocenters. The predicted molar refractivity (Wildman–Crippen MR) is 80.7 cm³/mol. The molecule has 0 aliphatic rings. The van der Waals surface area contributed by atoms with Gasteiger partial charge in [-0.25, -0.2) is 4.79 Å². The van der Waals surface area contributed by atoms with E-state index in [0.717, 1.165) is 22.5 Å². The van der Waals surface area contributed by atoms with Gasteiger partial charge in [0.1, 0.15) is 5.56 Å². The average molecular weight is 272 g/mol. The largest absolute Gasteiger partial charge is 0.462 e. The summed E-state index contributed by atoms with van der Waals surface area (Å²) in [5, 5.41) is 0. The molecule has 0 aliphatic carbocycles. The molecule has 2 rings (SSSR count). The molecular formula is C16H20N2O2. The Balaban J connectivity index is 2.65. The zero-order valence-electron chi connectivity index (χ0n) is 12.4. The SMILES string of the molecule is CCOC(=O)c1c(N)c(-c2ccccc2C)n(C)c1C. The number of nitrogen functional groups attached to an aromatic ring is 1. The van der Waals surface area contributed by atoms with Crippen molar-refractivity contribution in [2.75, 3.05) is 12.3 Å². The lowest BCUT2D eigenvalue weighted by Gasteiger charge is -2.09. The number of hydrogen-bond acceptors (Lipinski definition) is 3. The van der Waals surface area contributed by atoms with E-state index < -0.39 is 0 Å². The second-order valence-corrected chi connectivity index (χ2v) is 4.82. The number of esters is 1. The van der Waals surface area contributed by atoms with Crippen molar-refractivity contribution in [3.8, 4) is 11.3 Å². The maximum absolute atomic E-state index is 12.1. The molecule has 1 aromatic heterocycles. The van der Waals surface area contributed by atoms with Crippen LogP contribution in [0.25, 0.3) is 11.3 Å². The molecule has 0 amide bonds. The molecular weight excluding hydrogens is 252 g/mol. The molecule has 0 saturated heterocycles. The highest BCUT2D eigenvalue weighted by Gasteiger charge is 2.24. The molecule has 0 radical (unpaired) electrons. The Morgan fingerprint density at radius 3 is 2.55 bits per heavy atom. The number of anilines is 1. The lowest BCUT2D eigenvalue weighted by Crippen LogP contribution is -2.08. The Hall–Kier alpha value is -2.23. The van der Waals surface area contributed by atoms with Crippen LogP contribution in [0.5, 0.6) is 0 Å². The number of benzene rings is 1. The van der Waals surface area contributed by atoms with E-state index in [-0.39, 0.29) is 5.97 Å². The first-order chi connectivity index (χ1) is 9.49. The molecule has 20 heavy (non-hydrogen) atoms. The number of carbonyl (C=O) groups excluding carboxylic acids is 1. The Morgan fingerprint density at radius 2 is 1.95 bits per heavy atom. The molecule has 0 atom stereocenters. The standard InChI is InChI=1S/C16H20N2O2/c1-5-20-16(19)13-11(3)18(4)15(14(13)17)12-9-7-6-8-10(12)2/h6-9H,5,17H2,1-4H3. The van der Waals surface area contributed by atoms with Crippen LogP contribution in [0.3, 0.4) is 0 Å². The van der Waals surface area contributed by atoms with Crippen LogP contribution < -0.4 is 5.73 Å². The molecule has 0 fully saturated rings. The molecule has 0 saturated carbocycles. The molecule has 0 aliphatic heterocycles. The topological polar surface area (TPSA) is 57.2 Å². The molecule has 2 N–H and O–H groups in total. The minimum atomic E-state index is -0.363. The van der Waals surface area contributed by atoms with Crippen LogP contribution in [0.15, 0.2) is 24.3 Å². The van der Waals surface area contributed by atoms with Gasteiger partial charge in [0.2, 0.25) is 0 Å². The first kappa shape index (κ1) is 14.2. The van der Waals surface area contributed by atoms with Crippen LogP contribution in [-0.4, -0.2) is 17.1 Å². The van der Waals surface area contributed by atoms with E-state index in [1.807, 2.05) is 49.7 Å². The number of ether oxygens (including phenoxy) is 1. The van der Waals surface area contributed by atoms with Crippen LogP contribution in [0.4, 0.5) is 5.69 Å². The summed E-state index contributed by atoms with van der Waals surface area (Å²) >= 11 is 0. The Morgan fingerprint density at radius 1 is 1.30 bits per heavy atom. The Labute approximate surface area is 119 Å². The zero-order chi connectivity index (χ0) is 14.9. The third kappa shape index (κ3) is 2.18. The normalized spacial score (nSPS) is 10.6. The fraction of sp³-hybridized carbons (Fsp3) is 0.312. The van der Waals surface area contributed by atoms with Crippen molar-refractivity contribution in [2.24, 2.45) is 7.05 Å². The van der Waals surface area contributed by atoms with Crippen LogP contribution in [0.2, 0.25) is 0 Å². The lowest BCUT2D eigenvalue weighted by atomic mass is 10.0. The molecule has 0 spiro atoms. The van der Waals surface area contributed by atoms with E-state index in [1.54, 1.807) is 6.92 Å². The van der Waals surface area contributed by atoms with Gasteiger partial charge in [-0.2, -0.15) is 0 Å². The third-order valence-corrected chi connectivity index (χ3v) is 3.60. The van der Waals surface area contributed by atoms with Crippen LogP contribution in [-0.2, 0) is 11.8 Å². The minimum Gasteiger partial charge on any atom is -0.462 e. The van der Waals surface area contributed by atoms with Crippen molar-refractivity contribution in [2.45, 2.75) is 20.8 Å². The van der Waals surface area contributed by atoms with Gasteiger partial charge in [0.15, 0.2) is 0 Å². The summed E-state index contributed by atoms with van der Waals surface area (Å²) in [6.07, 6.45) is 0. The molecule has 1 aromatic carbocycles. The minimum absolute atomic E-state index is 0.340. The van der Waals surface area contributed by atoms with Crippen LogP contribution in [0, 0.1) is 13.8 Å². The maximum Gasteiger partial charge on any atom is 0.342 e. The zero-order valence-corrected chi connectivity index (χ0v) is 12.4. The summed E-state index contributed by atoms with van der Waals surface area (Å²) in [7, 11) is 1.91. The van der Waals surface area contributed by atoms with E-state index in [1.165, 1.54) is 0 Å². The van der Waals surface area contributed by atoms with E-state index in [2.05, 4.69) is 0 Å². The van der Waals surface area contributed by atoms with Crippen molar-refractivity contribution in [3.05, 3.63) is 41.1 Å². The number of nitrogens with zero attached hydrogens (tertiary/aromatic N) is 1. The third-order valence-electron chi connectivity index (χ3n) is 3.60. The van der Waals surface area contributed by atoms with Gasteiger partial charge in [0, 0.05) is 18.3 Å². The first-order valence-corrected chi connectivity index (χ1v) is 6.66. The van der Waals surface area contributed by atoms with Gasteiger partial charge in [-0.05, 0) is 26.3 Å². The number of rotatable bonds is 3. The Bertz CT molecular complexity index is 657. The summed E-state index contributed by atoms with van der Waals surface area (Å²) in [5.41, 5.74) is 11.0. The van der Waals surface area contributed by atoms with Crippen molar-refractivity contribution in [3.63, 3.8) is 0 Å². The highest BCUT2D eigenvalue weighted by molar-refractivity contribution is 6.01. The van der Waals surface area contributed by atoms with Crippen LogP contribution >= 0.6 is 0 Å². The maximum atomic E-state index is 12.1. The summed E-state index contributed by atoms with van der Waals surface area (Å²) in [5.74, 6) is -0.363. The van der Waals surface area contributed by atoms with Gasteiger partial charge in [-0.1, -0.05) is 24.3 Å². The first-order valence-electron chi connectivity index (χ1n) is 6.66. The quantitative estimate of drug-likeness (QED) is 0.874. The highest BCUT2D eigenvalue weighted by Crippen LogP contribution is 2.35. The van der Waals surface area contributed by atoms with E-state index in [9.17, 15) is 4.79 Å². The summed E-state index contributed by atoms with van der Waals surface area (Å²) in [6, 6.07) is 7.99. The predicted octanol–water partition coefficient (Wildman–Crippen LogP) is 3.07. The van der Waals surface area contributed by atoms with Crippen molar-refractivity contribution >= 4 is 11.7 Å². The van der Waals surface area contributed by atoms with Crippen molar-refractivity contribution in [1.82, 2.24) is 4.57 Å². The second kappa shape index (κ2) is 5.41. The number of hydrogen-bond donors (Lipinski definition) is 1. The van der Waals surface area contributed by atoms with Gasteiger partial charge < -0.3 is 15.0 Å². The van der Waals surface area contributed by atoms with E-state index >= 15 is 0 Å². The Kier molecular flexibility index (Phi) is 3.84. The van der Waals surface area contributed by atoms with Crippen LogP contribution in [0.1, 0.15) is 28.5 Å². The molecule has 0 bridgehead atoms. The summed E-state index contributed by atoms with van der Waals surface area (Å²) in [4.78, 5) is 12.1. The van der Waals surface area contributed by atoms with E-state index in [4.69, 9.17) is 10.5 Å². The van der Waals surface area contributed by atoms with E-state index in [0.29, 0.717) is 17.9 Å². The molecule has 1 heterocycles.